The number of H-pyrrole nitrogens is 1. The smallest absolute Gasteiger partial charge is 0.251 e. The van der Waals surface area contributed by atoms with E-state index in [4.69, 9.17) is 0 Å². The quantitative estimate of drug-likeness (QED) is 0.552. The number of hydrogen-bond donors (Lipinski definition) is 2. The van der Waals surface area contributed by atoms with E-state index in [9.17, 15) is 19.2 Å². The number of fused-ring (bicyclic) bond motifs is 2. The highest BCUT2D eigenvalue weighted by atomic mass is 16.2. The van der Waals surface area contributed by atoms with Crippen molar-refractivity contribution in [2.24, 2.45) is 11.8 Å². The van der Waals surface area contributed by atoms with Crippen molar-refractivity contribution in [1.82, 2.24) is 20.1 Å². The number of aromatic nitrogens is 1. The molecule has 9 nitrogen and oxygen atoms in total. The summed E-state index contributed by atoms with van der Waals surface area (Å²) < 4.78 is 0. The van der Waals surface area contributed by atoms with Gasteiger partial charge in [-0.2, -0.15) is 0 Å². The molecule has 2 aliphatic heterocycles. The fourth-order valence-corrected chi connectivity index (χ4v) is 6.03. The lowest BCUT2D eigenvalue weighted by Gasteiger charge is -2.29. The van der Waals surface area contributed by atoms with E-state index >= 15 is 0 Å². The molecule has 2 fully saturated rings. The topological polar surface area (TPSA) is 106 Å². The number of carbonyl (C=O) groups excluding carboxylic acids is 4. The number of benzene rings is 1. The van der Waals surface area contributed by atoms with E-state index in [2.05, 4.69) is 10.3 Å². The summed E-state index contributed by atoms with van der Waals surface area (Å²) in [5.41, 5.74) is 1.45. The molecule has 3 heterocycles. The highest BCUT2D eigenvalue weighted by Gasteiger charge is 2.52. The zero-order valence-corrected chi connectivity index (χ0v) is 23.0. The Morgan fingerprint density at radius 2 is 1.85 bits per heavy atom. The summed E-state index contributed by atoms with van der Waals surface area (Å²) in [7, 11) is 3.86. The molecule has 2 N–H and O–H groups in total. The van der Waals surface area contributed by atoms with Crippen LogP contribution < -0.4 is 20.8 Å². The predicted octanol–water partition coefficient (Wildman–Crippen LogP) is 0.887. The van der Waals surface area contributed by atoms with Gasteiger partial charge in [-0.25, -0.2) is 0 Å². The van der Waals surface area contributed by atoms with Crippen LogP contribution in [-0.4, -0.2) is 83.6 Å². The van der Waals surface area contributed by atoms with Crippen molar-refractivity contribution in [3.05, 3.63) is 52.7 Å². The number of rotatable bonds is 7. The van der Waals surface area contributed by atoms with Gasteiger partial charge >= 0.3 is 0 Å². The molecule has 0 radical (unpaired) electrons. The van der Waals surface area contributed by atoms with E-state index in [1.54, 1.807) is 21.9 Å². The normalized spacial score (nSPS) is 22.6. The average molecular weight is 532 g/mol. The Kier molecular flexibility index (Phi) is 7.34. The van der Waals surface area contributed by atoms with Crippen LogP contribution in [0.25, 0.3) is 12.2 Å². The summed E-state index contributed by atoms with van der Waals surface area (Å²) in [6, 6.07) is 7.44. The van der Waals surface area contributed by atoms with Crippen molar-refractivity contribution in [3.8, 4) is 0 Å². The number of nitrogens with one attached hydrogen (secondary N) is 2. The monoisotopic (exact) mass is 531 g/mol. The molecule has 0 saturated carbocycles. The Balaban J connectivity index is 1.30. The van der Waals surface area contributed by atoms with Crippen LogP contribution in [0.15, 0.2) is 36.5 Å². The van der Waals surface area contributed by atoms with Crippen LogP contribution >= 0.6 is 0 Å². The number of ketones is 1. The standard InChI is InChI=1S/C30H37N5O4/c1-18(2)15-24(32-28(37)20-7-9-22(10-8-20)33(3)4)30(39)34-14-12-25-27(34)26(36)17-35(25)29(38)21-6-5-19-11-13-31-23(19)16-21/h5,7-11,13,16,18,21,24-25,27,31H,6,12,14-15,17H2,1-4H3,(H,32,37)/t21?,24-,25+,27-/m0/s1. The summed E-state index contributed by atoms with van der Waals surface area (Å²) >= 11 is 0. The number of nitrogens with zero attached hydrogens (tertiary/aromatic N) is 3. The van der Waals surface area contributed by atoms with Gasteiger partial charge in [-0.1, -0.05) is 19.9 Å². The minimum absolute atomic E-state index is 0.0132. The maximum atomic E-state index is 13.8. The first kappa shape index (κ1) is 26.7. The number of hydrogen-bond acceptors (Lipinski definition) is 5. The van der Waals surface area contributed by atoms with Gasteiger partial charge in [0, 0.05) is 43.4 Å². The van der Waals surface area contributed by atoms with Crippen LogP contribution in [0.3, 0.4) is 0 Å². The number of aromatic amines is 1. The highest BCUT2D eigenvalue weighted by Crippen LogP contribution is 2.32. The second kappa shape index (κ2) is 10.7. The third-order valence-corrected chi connectivity index (χ3v) is 8.03. The van der Waals surface area contributed by atoms with Crippen LogP contribution in [0.4, 0.5) is 5.69 Å². The van der Waals surface area contributed by atoms with Gasteiger partial charge in [0.15, 0.2) is 5.78 Å². The molecule has 2 aromatic rings. The van der Waals surface area contributed by atoms with Crippen LogP contribution in [0.5, 0.6) is 0 Å². The lowest BCUT2D eigenvalue weighted by atomic mass is 9.98. The predicted molar refractivity (Wildman–Crippen MR) is 149 cm³/mol. The fourth-order valence-electron chi connectivity index (χ4n) is 6.03. The lowest BCUT2D eigenvalue weighted by molar-refractivity contribution is -0.138. The fraction of sp³-hybridized carbons (Fsp3) is 0.467. The van der Waals surface area contributed by atoms with Gasteiger partial charge in [0.1, 0.15) is 12.1 Å². The summed E-state index contributed by atoms with van der Waals surface area (Å²) in [5.74, 6) is -0.951. The van der Waals surface area contributed by atoms with Gasteiger partial charge in [0.25, 0.3) is 5.91 Å². The van der Waals surface area contributed by atoms with Gasteiger partial charge in [-0.3, -0.25) is 19.2 Å². The van der Waals surface area contributed by atoms with E-state index < -0.39 is 12.1 Å². The first-order chi connectivity index (χ1) is 18.6. The zero-order valence-electron chi connectivity index (χ0n) is 23.0. The van der Waals surface area contributed by atoms with Crippen molar-refractivity contribution < 1.29 is 19.2 Å². The van der Waals surface area contributed by atoms with Gasteiger partial charge in [0.2, 0.25) is 11.8 Å². The first-order valence-corrected chi connectivity index (χ1v) is 13.7. The number of likely N-dealkylation sites (tertiary alicyclic amines) is 2. The number of anilines is 1. The second-order valence-electron chi connectivity index (χ2n) is 11.4. The first-order valence-electron chi connectivity index (χ1n) is 13.7. The third kappa shape index (κ3) is 5.22. The van der Waals surface area contributed by atoms with E-state index in [0.29, 0.717) is 31.4 Å². The molecule has 206 valence electrons. The van der Waals surface area contributed by atoms with Crippen molar-refractivity contribution >= 4 is 41.3 Å². The summed E-state index contributed by atoms with van der Waals surface area (Å²) in [6.07, 6.45) is 7.43. The van der Waals surface area contributed by atoms with Crippen LogP contribution in [0.1, 0.15) is 43.5 Å². The van der Waals surface area contributed by atoms with Crippen molar-refractivity contribution in [2.75, 3.05) is 32.1 Å². The SMILES string of the molecule is CC(C)C[C@H](NC(=O)c1ccc(N(C)C)cc1)C(=O)N1CC[C@@H]2[C@H]1C(=O)CN2C(=O)C1C=c2[nH]ccc2=CC1. The molecule has 3 amide bonds. The van der Waals surface area contributed by atoms with Gasteiger partial charge in [-0.15, -0.1) is 0 Å². The lowest BCUT2D eigenvalue weighted by Crippen LogP contribution is -2.53. The second-order valence-corrected chi connectivity index (χ2v) is 11.4. The highest BCUT2D eigenvalue weighted by molar-refractivity contribution is 6.01. The maximum absolute atomic E-state index is 13.8. The number of Topliss-reactive ketones (excluding diaryl/α,β-unsaturated/α-hetero) is 1. The molecule has 3 aliphatic rings. The number of amides is 3. The third-order valence-electron chi connectivity index (χ3n) is 8.03. The molecule has 1 unspecified atom stereocenters. The molecule has 1 aromatic heterocycles. The van der Waals surface area contributed by atoms with Crippen molar-refractivity contribution in [3.63, 3.8) is 0 Å². The Labute approximate surface area is 228 Å². The largest absolute Gasteiger partial charge is 0.378 e. The molecule has 2 saturated heterocycles. The molecule has 1 aliphatic carbocycles. The maximum Gasteiger partial charge on any atom is 0.251 e. The number of carbonyl (C=O) groups is 4. The molecule has 1 aromatic carbocycles. The van der Waals surface area contributed by atoms with Crippen LogP contribution in [-0.2, 0) is 14.4 Å². The van der Waals surface area contributed by atoms with Crippen LogP contribution in [0.2, 0.25) is 0 Å². The summed E-state index contributed by atoms with van der Waals surface area (Å²) in [5, 5.41) is 4.94. The van der Waals surface area contributed by atoms with Crippen LogP contribution in [0, 0.1) is 11.8 Å². The Morgan fingerprint density at radius 1 is 1.10 bits per heavy atom. The molecule has 39 heavy (non-hydrogen) atoms. The summed E-state index contributed by atoms with van der Waals surface area (Å²) in [4.78, 5) is 62.0. The molecule has 4 atom stereocenters. The van der Waals surface area contributed by atoms with E-state index in [1.807, 2.05) is 69.4 Å². The molecule has 9 heteroatoms. The minimum Gasteiger partial charge on any atom is -0.378 e. The average Bonchev–Trinajstić information content (AvgIpc) is 3.63. The van der Waals surface area contributed by atoms with Crippen molar-refractivity contribution in [2.45, 2.75) is 51.2 Å². The Morgan fingerprint density at radius 3 is 2.54 bits per heavy atom. The van der Waals surface area contributed by atoms with Gasteiger partial charge < -0.3 is 25.0 Å². The van der Waals surface area contributed by atoms with E-state index in [-0.39, 0.29) is 47.9 Å². The molecule has 0 spiro atoms. The Hall–Kier alpha value is -3.88. The molecular formula is C30H37N5O4. The van der Waals surface area contributed by atoms with E-state index in [0.717, 1.165) is 16.3 Å². The summed E-state index contributed by atoms with van der Waals surface area (Å²) in [6.45, 7) is 4.39. The molecule has 5 rings (SSSR count). The van der Waals surface area contributed by atoms with Gasteiger partial charge in [-0.05, 0) is 66.8 Å². The zero-order chi connectivity index (χ0) is 27.8. The minimum atomic E-state index is -0.755. The molecular weight excluding hydrogens is 494 g/mol. The molecule has 0 bridgehead atoms. The van der Waals surface area contributed by atoms with Gasteiger partial charge in [0.05, 0.1) is 18.5 Å². The van der Waals surface area contributed by atoms with E-state index in [1.165, 1.54) is 0 Å². The Bertz CT molecular complexity index is 1390. The van der Waals surface area contributed by atoms with Crippen molar-refractivity contribution in [1.29, 1.82) is 0 Å².